The Morgan fingerprint density at radius 3 is 2.52 bits per heavy atom. The molecule has 0 unspecified atom stereocenters. The highest BCUT2D eigenvalue weighted by atomic mass is 19.1. The number of nitrogens with one attached hydrogen (secondary N) is 1. The topological polar surface area (TPSA) is 77.4 Å². The van der Waals surface area contributed by atoms with Crippen molar-refractivity contribution in [2.45, 2.75) is 13.8 Å². The van der Waals surface area contributed by atoms with Gasteiger partial charge in [-0.3, -0.25) is 0 Å². The van der Waals surface area contributed by atoms with Crippen LogP contribution in [0.25, 0.3) is 5.69 Å². The lowest BCUT2D eigenvalue weighted by molar-refractivity contribution is 0.608. The molecule has 1 aromatic heterocycles. The molecule has 2 aromatic rings. The van der Waals surface area contributed by atoms with Crippen molar-refractivity contribution in [3.05, 3.63) is 53.2 Å². The maximum atomic E-state index is 14.2. The predicted octanol–water partition coefficient (Wildman–Crippen LogP) is 2.97. The van der Waals surface area contributed by atoms with Crippen molar-refractivity contribution in [2.24, 2.45) is 0 Å². The van der Waals surface area contributed by atoms with Crippen LogP contribution in [-0.2, 0) is 0 Å². The third kappa shape index (κ3) is 3.07. The van der Waals surface area contributed by atoms with E-state index in [0.29, 0.717) is 11.4 Å². The Hall–Kier alpha value is -3.12. The molecule has 0 saturated carbocycles. The number of aryl methyl sites for hydroxylation is 2. The van der Waals surface area contributed by atoms with Gasteiger partial charge in [0.25, 0.3) is 0 Å². The van der Waals surface area contributed by atoms with E-state index < -0.39 is 5.82 Å². The first-order chi connectivity index (χ1) is 10.0. The fraction of sp³-hybridized carbons (Fsp3) is 0.133. The molecule has 21 heavy (non-hydrogen) atoms. The van der Waals surface area contributed by atoms with E-state index >= 15 is 0 Å². The molecular weight excluding hydrogens is 269 g/mol. The molecule has 1 N–H and O–H groups in total. The number of rotatable bonds is 3. The van der Waals surface area contributed by atoms with Gasteiger partial charge in [0.2, 0.25) is 0 Å². The Morgan fingerprint density at radius 1 is 1.29 bits per heavy atom. The number of hydrogen-bond donors (Lipinski definition) is 1. The highest BCUT2D eigenvalue weighted by molar-refractivity contribution is 5.53. The van der Waals surface area contributed by atoms with Crippen molar-refractivity contribution in [1.29, 1.82) is 10.5 Å². The van der Waals surface area contributed by atoms with Gasteiger partial charge < -0.3 is 5.32 Å². The summed E-state index contributed by atoms with van der Waals surface area (Å²) in [6, 6.07) is 9.81. The molecule has 0 spiro atoms. The van der Waals surface area contributed by atoms with Crippen LogP contribution in [0.1, 0.15) is 11.4 Å². The van der Waals surface area contributed by atoms with Gasteiger partial charge in [-0.25, -0.2) is 9.07 Å². The largest absolute Gasteiger partial charge is 0.360 e. The number of hydrogen-bond acceptors (Lipinski definition) is 4. The molecule has 0 saturated heterocycles. The van der Waals surface area contributed by atoms with Crippen molar-refractivity contribution >= 4 is 5.69 Å². The molecule has 2 rings (SSSR count). The lowest BCUT2D eigenvalue weighted by Gasteiger charge is -2.08. The molecule has 0 atom stereocenters. The monoisotopic (exact) mass is 281 g/mol. The Balaban J connectivity index is 2.31. The van der Waals surface area contributed by atoms with Crippen molar-refractivity contribution in [1.82, 2.24) is 9.78 Å². The quantitative estimate of drug-likeness (QED) is 0.877. The third-order valence-corrected chi connectivity index (χ3v) is 2.81. The molecule has 0 amide bonds. The van der Waals surface area contributed by atoms with Crippen LogP contribution in [0.5, 0.6) is 0 Å². The molecule has 0 aliphatic carbocycles. The average molecular weight is 281 g/mol. The molecular formula is C15H12FN5. The Morgan fingerprint density at radius 2 is 2.00 bits per heavy atom. The lowest BCUT2D eigenvalue weighted by atomic mass is 10.2. The van der Waals surface area contributed by atoms with Gasteiger partial charge in [0.1, 0.15) is 23.4 Å². The van der Waals surface area contributed by atoms with E-state index in [1.807, 2.05) is 19.9 Å². The summed E-state index contributed by atoms with van der Waals surface area (Å²) < 4.78 is 15.7. The summed E-state index contributed by atoms with van der Waals surface area (Å²) in [6.45, 7) is 3.69. The Bertz CT molecular complexity index is 773. The summed E-state index contributed by atoms with van der Waals surface area (Å²) in [5, 5.41) is 24.2. The summed E-state index contributed by atoms with van der Waals surface area (Å²) in [7, 11) is 0. The molecule has 0 fully saturated rings. The molecule has 0 radical (unpaired) electrons. The van der Waals surface area contributed by atoms with Gasteiger partial charge >= 0.3 is 0 Å². The second-order valence-corrected chi connectivity index (χ2v) is 4.43. The number of nitrogens with zero attached hydrogens (tertiary/aromatic N) is 4. The van der Waals surface area contributed by atoms with Crippen molar-refractivity contribution in [3.8, 4) is 17.8 Å². The lowest BCUT2D eigenvalue weighted by Crippen LogP contribution is -2.02. The number of benzene rings is 1. The Labute approximate surface area is 121 Å². The number of halogens is 1. The van der Waals surface area contributed by atoms with Gasteiger partial charge in [-0.1, -0.05) is 0 Å². The fourth-order valence-electron chi connectivity index (χ4n) is 1.89. The zero-order chi connectivity index (χ0) is 15.4. The SMILES string of the molecule is Cc1cc(C)n(-c2ccc(NC=C(C#N)C#N)cc2F)n1. The molecule has 1 aromatic carbocycles. The first kappa shape index (κ1) is 14.3. The van der Waals surface area contributed by atoms with Crippen LogP contribution in [0.2, 0.25) is 0 Å². The van der Waals surface area contributed by atoms with Crippen LogP contribution in [0.3, 0.4) is 0 Å². The highest BCUT2D eigenvalue weighted by Gasteiger charge is 2.09. The van der Waals surface area contributed by atoms with E-state index in [9.17, 15) is 4.39 Å². The molecule has 5 nitrogen and oxygen atoms in total. The van der Waals surface area contributed by atoms with E-state index in [2.05, 4.69) is 10.4 Å². The van der Waals surface area contributed by atoms with E-state index in [1.54, 1.807) is 24.3 Å². The van der Waals surface area contributed by atoms with Crippen LogP contribution in [0.15, 0.2) is 36.0 Å². The average Bonchev–Trinajstić information content (AvgIpc) is 2.79. The molecule has 0 aliphatic rings. The van der Waals surface area contributed by atoms with Gasteiger partial charge in [0.15, 0.2) is 5.82 Å². The number of aromatic nitrogens is 2. The molecule has 1 heterocycles. The predicted molar refractivity (Wildman–Crippen MR) is 75.9 cm³/mol. The van der Waals surface area contributed by atoms with Crippen LogP contribution < -0.4 is 5.32 Å². The van der Waals surface area contributed by atoms with Gasteiger partial charge in [-0.05, 0) is 38.1 Å². The number of nitriles is 2. The molecule has 6 heteroatoms. The first-order valence-electron chi connectivity index (χ1n) is 6.15. The minimum absolute atomic E-state index is 0.0852. The van der Waals surface area contributed by atoms with Crippen molar-refractivity contribution in [2.75, 3.05) is 5.32 Å². The van der Waals surface area contributed by atoms with Crippen molar-refractivity contribution < 1.29 is 4.39 Å². The summed E-state index contributed by atoms with van der Waals surface area (Å²) in [5.41, 5.74) is 2.35. The van der Waals surface area contributed by atoms with Crippen LogP contribution in [-0.4, -0.2) is 9.78 Å². The number of anilines is 1. The maximum Gasteiger partial charge on any atom is 0.150 e. The molecule has 104 valence electrons. The summed E-state index contributed by atoms with van der Waals surface area (Å²) in [4.78, 5) is 0. The minimum Gasteiger partial charge on any atom is -0.360 e. The molecule has 0 aliphatic heterocycles. The van der Waals surface area contributed by atoms with Crippen LogP contribution >= 0.6 is 0 Å². The van der Waals surface area contributed by atoms with Crippen LogP contribution in [0, 0.1) is 42.3 Å². The fourth-order valence-corrected chi connectivity index (χ4v) is 1.89. The third-order valence-electron chi connectivity index (χ3n) is 2.81. The zero-order valence-corrected chi connectivity index (χ0v) is 11.6. The smallest absolute Gasteiger partial charge is 0.150 e. The first-order valence-corrected chi connectivity index (χ1v) is 6.15. The van der Waals surface area contributed by atoms with Gasteiger partial charge in [0.05, 0.1) is 5.69 Å². The van der Waals surface area contributed by atoms with E-state index in [-0.39, 0.29) is 5.57 Å². The Kier molecular flexibility index (Phi) is 4.01. The van der Waals surface area contributed by atoms with Crippen molar-refractivity contribution in [3.63, 3.8) is 0 Å². The normalized spacial score (nSPS) is 9.57. The standard InChI is InChI=1S/C15H12FN5/c1-10-5-11(2)21(20-10)15-4-3-13(6-14(15)16)19-9-12(7-17)8-18/h3-6,9,19H,1-2H3. The van der Waals surface area contributed by atoms with Gasteiger partial charge in [-0.15, -0.1) is 0 Å². The minimum atomic E-state index is -0.449. The molecule has 0 bridgehead atoms. The summed E-state index contributed by atoms with van der Waals surface area (Å²) in [5.74, 6) is -0.449. The second-order valence-electron chi connectivity index (χ2n) is 4.43. The van der Waals surface area contributed by atoms with Crippen LogP contribution in [0.4, 0.5) is 10.1 Å². The maximum absolute atomic E-state index is 14.2. The van der Waals surface area contributed by atoms with E-state index in [1.165, 1.54) is 16.9 Å². The second kappa shape index (κ2) is 5.89. The van der Waals surface area contributed by atoms with Gasteiger partial charge in [0, 0.05) is 17.6 Å². The summed E-state index contributed by atoms with van der Waals surface area (Å²) >= 11 is 0. The van der Waals surface area contributed by atoms with E-state index in [0.717, 1.165) is 11.4 Å². The zero-order valence-electron chi connectivity index (χ0n) is 11.6. The summed E-state index contributed by atoms with van der Waals surface area (Å²) in [6.07, 6.45) is 1.23. The van der Waals surface area contributed by atoms with Gasteiger partial charge in [-0.2, -0.15) is 15.6 Å². The number of allylic oxidation sites excluding steroid dienone is 1. The van der Waals surface area contributed by atoms with E-state index in [4.69, 9.17) is 10.5 Å². The highest BCUT2D eigenvalue weighted by Crippen LogP contribution is 2.20.